The minimum Gasteiger partial charge on any atom is -0.341 e. The highest BCUT2D eigenvalue weighted by molar-refractivity contribution is 5.78. The van der Waals surface area contributed by atoms with Gasteiger partial charge >= 0.3 is 0 Å². The minimum atomic E-state index is -2.61. The molecule has 1 aliphatic rings. The molecule has 1 saturated carbocycles. The van der Waals surface area contributed by atoms with E-state index in [1.807, 2.05) is 6.07 Å². The van der Waals surface area contributed by atoms with E-state index >= 15 is 0 Å². The predicted molar refractivity (Wildman–Crippen MR) is 74.5 cm³/mol. The largest absolute Gasteiger partial charge is 0.341 e. The maximum absolute atomic E-state index is 13.1. The van der Waals surface area contributed by atoms with Crippen molar-refractivity contribution in [2.24, 2.45) is 5.92 Å². The Bertz CT molecular complexity index is 556. The molecule has 1 aromatic rings. The number of benzene rings is 1. The van der Waals surface area contributed by atoms with Gasteiger partial charge in [-0.25, -0.2) is 8.78 Å². The summed E-state index contributed by atoms with van der Waals surface area (Å²) < 4.78 is 26.2. The van der Waals surface area contributed by atoms with Gasteiger partial charge in [-0.05, 0) is 30.5 Å². The summed E-state index contributed by atoms with van der Waals surface area (Å²) >= 11 is 0. The van der Waals surface area contributed by atoms with Crippen LogP contribution < -0.4 is 0 Å². The lowest BCUT2D eigenvalue weighted by Crippen LogP contribution is -2.36. The fourth-order valence-corrected chi connectivity index (χ4v) is 2.69. The molecule has 0 N–H and O–H groups in total. The van der Waals surface area contributed by atoms with Crippen molar-refractivity contribution in [2.45, 2.75) is 38.2 Å². The van der Waals surface area contributed by atoms with Crippen LogP contribution in [0.15, 0.2) is 24.3 Å². The molecule has 0 saturated heterocycles. The highest BCUT2D eigenvalue weighted by Crippen LogP contribution is 2.36. The number of hydrogen-bond acceptors (Lipinski definition) is 2. The van der Waals surface area contributed by atoms with Crippen molar-refractivity contribution >= 4 is 5.91 Å². The first-order chi connectivity index (χ1) is 9.91. The first-order valence-corrected chi connectivity index (χ1v) is 7.03. The van der Waals surface area contributed by atoms with Crippen molar-refractivity contribution in [3.8, 4) is 6.07 Å². The lowest BCUT2D eigenvalue weighted by molar-refractivity contribution is -0.138. The average Bonchev–Trinajstić information content (AvgIpc) is 2.46. The number of rotatable bonds is 3. The van der Waals surface area contributed by atoms with Crippen molar-refractivity contribution in [1.29, 1.82) is 5.26 Å². The molecule has 1 fully saturated rings. The molecule has 112 valence electrons. The molecule has 1 aromatic carbocycles. The number of amides is 1. The fourth-order valence-electron chi connectivity index (χ4n) is 2.69. The van der Waals surface area contributed by atoms with Crippen molar-refractivity contribution in [1.82, 2.24) is 4.90 Å². The van der Waals surface area contributed by atoms with Crippen molar-refractivity contribution < 1.29 is 13.6 Å². The summed E-state index contributed by atoms with van der Waals surface area (Å²) in [5.74, 6) is -3.02. The van der Waals surface area contributed by atoms with Crippen molar-refractivity contribution in [3.05, 3.63) is 35.4 Å². The SMILES string of the molecule is CN(Cc1cccc(C#N)c1)C(=O)C1CCC(F)(F)CC1. The topological polar surface area (TPSA) is 44.1 Å². The third kappa shape index (κ3) is 4.01. The van der Waals surface area contributed by atoms with Gasteiger partial charge in [-0.1, -0.05) is 12.1 Å². The van der Waals surface area contributed by atoms with Crippen LogP contribution in [0.1, 0.15) is 36.8 Å². The molecule has 3 nitrogen and oxygen atoms in total. The number of nitriles is 1. The van der Waals surface area contributed by atoms with Gasteiger partial charge in [-0.3, -0.25) is 4.79 Å². The van der Waals surface area contributed by atoms with Gasteiger partial charge in [0.25, 0.3) is 0 Å². The van der Waals surface area contributed by atoms with Crippen LogP contribution in [0.4, 0.5) is 8.78 Å². The van der Waals surface area contributed by atoms with E-state index in [2.05, 4.69) is 6.07 Å². The van der Waals surface area contributed by atoms with Crippen LogP contribution >= 0.6 is 0 Å². The molecule has 1 amide bonds. The molecule has 0 aromatic heterocycles. The van der Waals surface area contributed by atoms with E-state index in [4.69, 9.17) is 5.26 Å². The van der Waals surface area contributed by atoms with Crippen LogP contribution in [-0.4, -0.2) is 23.8 Å². The number of alkyl halides is 2. The number of carbonyl (C=O) groups is 1. The summed E-state index contributed by atoms with van der Waals surface area (Å²) in [7, 11) is 1.67. The van der Waals surface area contributed by atoms with Crippen LogP contribution in [0.2, 0.25) is 0 Å². The third-order valence-electron chi connectivity index (χ3n) is 3.92. The van der Waals surface area contributed by atoms with E-state index in [0.29, 0.717) is 12.1 Å². The molecule has 1 aliphatic carbocycles. The number of hydrogen-bond donors (Lipinski definition) is 0. The van der Waals surface area contributed by atoms with E-state index in [9.17, 15) is 13.6 Å². The van der Waals surface area contributed by atoms with Gasteiger partial charge < -0.3 is 4.90 Å². The van der Waals surface area contributed by atoms with Crippen LogP contribution in [0, 0.1) is 17.2 Å². The Morgan fingerprint density at radius 1 is 1.43 bits per heavy atom. The first kappa shape index (κ1) is 15.4. The summed E-state index contributed by atoms with van der Waals surface area (Å²) in [4.78, 5) is 13.8. The Balaban J connectivity index is 1.95. The second kappa shape index (κ2) is 6.21. The first-order valence-electron chi connectivity index (χ1n) is 7.03. The summed E-state index contributed by atoms with van der Waals surface area (Å²) in [5, 5.41) is 8.86. The molecule has 0 heterocycles. The zero-order valence-corrected chi connectivity index (χ0v) is 12.0. The van der Waals surface area contributed by atoms with Crippen LogP contribution in [-0.2, 0) is 11.3 Å². The second-order valence-electron chi connectivity index (χ2n) is 5.64. The van der Waals surface area contributed by atoms with E-state index in [1.165, 1.54) is 0 Å². The Hall–Kier alpha value is -1.96. The molecule has 0 spiro atoms. The van der Waals surface area contributed by atoms with Crippen molar-refractivity contribution in [3.63, 3.8) is 0 Å². The Morgan fingerprint density at radius 3 is 2.71 bits per heavy atom. The van der Waals surface area contributed by atoms with Crippen molar-refractivity contribution in [2.75, 3.05) is 7.05 Å². The standard InChI is InChI=1S/C16H18F2N2O/c1-20(11-13-4-2-3-12(9-13)10-19)15(21)14-5-7-16(17,18)8-6-14/h2-4,9,14H,5-8,11H2,1H3. The van der Waals surface area contributed by atoms with Gasteiger partial charge in [0.1, 0.15) is 0 Å². The second-order valence-corrected chi connectivity index (χ2v) is 5.64. The van der Waals surface area contributed by atoms with E-state index in [1.54, 1.807) is 30.1 Å². The van der Waals surface area contributed by atoms with E-state index < -0.39 is 5.92 Å². The zero-order valence-electron chi connectivity index (χ0n) is 12.0. The normalized spacial score (nSPS) is 18.0. The quantitative estimate of drug-likeness (QED) is 0.857. The van der Waals surface area contributed by atoms with Crippen LogP contribution in [0.5, 0.6) is 0 Å². The Kier molecular flexibility index (Phi) is 4.56. The predicted octanol–water partition coefficient (Wildman–Crippen LogP) is 3.34. The van der Waals surface area contributed by atoms with E-state index in [0.717, 1.165) is 5.56 Å². The molecule has 5 heteroatoms. The molecular weight excluding hydrogens is 274 g/mol. The molecule has 0 aliphatic heterocycles. The molecule has 0 bridgehead atoms. The molecule has 21 heavy (non-hydrogen) atoms. The van der Waals surface area contributed by atoms with Gasteiger partial charge in [0.15, 0.2) is 0 Å². The number of carbonyl (C=O) groups excluding carboxylic acids is 1. The average molecular weight is 292 g/mol. The molecular formula is C16H18F2N2O. The molecule has 2 rings (SSSR count). The summed E-state index contributed by atoms with van der Waals surface area (Å²) in [5.41, 5.74) is 1.41. The van der Waals surface area contributed by atoms with Crippen LogP contribution in [0.3, 0.4) is 0 Å². The third-order valence-corrected chi connectivity index (χ3v) is 3.92. The number of halogens is 2. The smallest absolute Gasteiger partial charge is 0.248 e. The van der Waals surface area contributed by atoms with Crippen LogP contribution in [0.25, 0.3) is 0 Å². The molecule has 0 atom stereocenters. The monoisotopic (exact) mass is 292 g/mol. The number of nitrogens with zero attached hydrogens (tertiary/aromatic N) is 2. The lowest BCUT2D eigenvalue weighted by atomic mass is 9.86. The summed E-state index contributed by atoms with van der Waals surface area (Å²) in [6, 6.07) is 9.11. The highest BCUT2D eigenvalue weighted by Gasteiger charge is 2.38. The summed E-state index contributed by atoms with van der Waals surface area (Å²) in [6.07, 6.45) is 0.0745. The summed E-state index contributed by atoms with van der Waals surface area (Å²) in [6.45, 7) is 0.390. The zero-order chi connectivity index (χ0) is 15.5. The van der Waals surface area contributed by atoms with Gasteiger partial charge in [0.2, 0.25) is 11.8 Å². The van der Waals surface area contributed by atoms with Gasteiger partial charge in [-0.2, -0.15) is 5.26 Å². The maximum Gasteiger partial charge on any atom is 0.248 e. The minimum absolute atomic E-state index is 0.0899. The maximum atomic E-state index is 13.1. The van der Waals surface area contributed by atoms with Gasteiger partial charge in [-0.15, -0.1) is 0 Å². The van der Waals surface area contributed by atoms with E-state index in [-0.39, 0.29) is 37.5 Å². The van der Waals surface area contributed by atoms with Gasteiger partial charge in [0.05, 0.1) is 11.6 Å². The lowest BCUT2D eigenvalue weighted by Gasteiger charge is -2.30. The highest BCUT2D eigenvalue weighted by atomic mass is 19.3. The Morgan fingerprint density at radius 2 is 2.10 bits per heavy atom. The molecule has 0 unspecified atom stereocenters. The van der Waals surface area contributed by atoms with Gasteiger partial charge in [0, 0.05) is 32.4 Å². The molecule has 0 radical (unpaired) electrons. The Labute approximate surface area is 123 Å². The fraction of sp³-hybridized carbons (Fsp3) is 0.500.